The van der Waals surface area contributed by atoms with E-state index in [1.807, 2.05) is 43.5 Å². The van der Waals surface area contributed by atoms with Crippen molar-refractivity contribution in [3.05, 3.63) is 59.4 Å². The minimum absolute atomic E-state index is 0.556. The maximum Gasteiger partial charge on any atom is 0.191 e. The Morgan fingerprint density at radius 2 is 2.00 bits per heavy atom. The highest BCUT2D eigenvalue weighted by atomic mass is 16.5. The molecule has 0 amide bonds. The van der Waals surface area contributed by atoms with E-state index >= 15 is 0 Å². The van der Waals surface area contributed by atoms with Gasteiger partial charge in [0.1, 0.15) is 5.75 Å². The highest BCUT2D eigenvalue weighted by Gasteiger charge is 2.04. The van der Waals surface area contributed by atoms with E-state index in [0.29, 0.717) is 13.1 Å². The van der Waals surface area contributed by atoms with Crippen molar-refractivity contribution in [2.75, 3.05) is 13.7 Å². The first-order valence-electron chi connectivity index (χ1n) is 7.79. The van der Waals surface area contributed by atoms with E-state index in [0.717, 1.165) is 29.5 Å². The lowest BCUT2D eigenvalue weighted by molar-refractivity contribution is 0.410. The van der Waals surface area contributed by atoms with Crippen molar-refractivity contribution in [3.8, 4) is 5.75 Å². The number of methoxy groups -OCH3 is 1. The highest BCUT2D eigenvalue weighted by molar-refractivity contribution is 5.79. The molecule has 0 fully saturated rings. The Kier molecular flexibility index (Phi) is 6.41. The number of hydrogen-bond donors (Lipinski definition) is 2. The van der Waals surface area contributed by atoms with Crippen molar-refractivity contribution < 1.29 is 4.74 Å². The second kappa shape index (κ2) is 8.78. The number of aryl methyl sites for hydroxylation is 1. The molecule has 0 spiro atoms. The number of nitrogens with one attached hydrogen (secondary N) is 2. The molecule has 23 heavy (non-hydrogen) atoms. The SMILES string of the molecule is CCNC(=NCc1ccccc1OC)NCc1ncccc1C. The molecule has 0 radical (unpaired) electrons. The summed E-state index contributed by atoms with van der Waals surface area (Å²) in [6, 6.07) is 11.9. The lowest BCUT2D eigenvalue weighted by Gasteiger charge is -2.12. The summed E-state index contributed by atoms with van der Waals surface area (Å²) in [7, 11) is 1.68. The number of aliphatic imine (C=N–C) groups is 1. The van der Waals surface area contributed by atoms with E-state index in [4.69, 9.17) is 4.74 Å². The van der Waals surface area contributed by atoms with Crippen LogP contribution in [0, 0.1) is 6.92 Å². The number of guanidine groups is 1. The van der Waals surface area contributed by atoms with Crippen LogP contribution in [0.25, 0.3) is 0 Å². The molecule has 0 unspecified atom stereocenters. The van der Waals surface area contributed by atoms with Crippen molar-refractivity contribution in [3.63, 3.8) is 0 Å². The third kappa shape index (κ3) is 4.98. The average molecular weight is 312 g/mol. The number of ether oxygens (including phenoxy) is 1. The number of pyridine rings is 1. The summed E-state index contributed by atoms with van der Waals surface area (Å²) in [6.07, 6.45) is 1.81. The second-order valence-electron chi connectivity index (χ2n) is 5.13. The van der Waals surface area contributed by atoms with Crippen LogP contribution in [-0.4, -0.2) is 24.6 Å². The van der Waals surface area contributed by atoms with Gasteiger partial charge in [-0.15, -0.1) is 0 Å². The zero-order chi connectivity index (χ0) is 16.5. The number of hydrogen-bond acceptors (Lipinski definition) is 3. The van der Waals surface area contributed by atoms with Crippen LogP contribution in [0.5, 0.6) is 5.75 Å². The number of rotatable bonds is 6. The van der Waals surface area contributed by atoms with E-state index < -0.39 is 0 Å². The molecule has 5 nitrogen and oxygen atoms in total. The molecule has 2 rings (SSSR count). The summed E-state index contributed by atoms with van der Waals surface area (Å²) < 4.78 is 5.36. The molecule has 0 aliphatic heterocycles. The first kappa shape index (κ1) is 16.8. The van der Waals surface area contributed by atoms with Gasteiger partial charge >= 0.3 is 0 Å². The highest BCUT2D eigenvalue weighted by Crippen LogP contribution is 2.17. The summed E-state index contributed by atoms with van der Waals surface area (Å²) in [4.78, 5) is 9.01. The summed E-state index contributed by atoms with van der Waals surface area (Å²) in [5.41, 5.74) is 3.25. The van der Waals surface area contributed by atoms with Gasteiger partial charge in [-0.05, 0) is 31.5 Å². The lowest BCUT2D eigenvalue weighted by Crippen LogP contribution is -2.37. The van der Waals surface area contributed by atoms with Crippen molar-refractivity contribution in [2.24, 2.45) is 4.99 Å². The fourth-order valence-electron chi connectivity index (χ4n) is 2.21. The Bertz CT molecular complexity index is 655. The first-order chi connectivity index (χ1) is 11.2. The van der Waals surface area contributed by atoms with E-state index in [2.05, 4.69) is 33.6 Å². The zero-order valence-corrected chi connectivity index (χ0v) is 14.0. The van der Waals surface area contributed by atoms with Crippen molar-refractivity contribution in [2.45, 2.75) is 26.9 Å². The Hall–Kier alpha value is -2.56. The zero-order valence-electron chi connectivity index (χ0n) is 14.0. The summed E-state index contributed by atoms with van der Waals surface area (Å²) in [5.74, 6) is 1.62. The smallest absolute Gasteiger partial charge is 0.191 e. The topological polar surface area (TPSA) is 58.5 Å². The molecule has 0 bridgehead atoms. The van der Waals surface area contributed by atoms with Gasteiger partial charge in [-0.2, -0.15) is 0 Å². The quantitative estimate of drug-likeness (QED) is 0.636. The molecule has 0 atom stereocenters. The molecule has 2 N–H and O–H groups in total. The van der Waals surface area contributed by atoms with Crippen LogP contribution in [0.15, 0.2) is 47.6 Å². The fraction of sp³-hybridized carbons (Fsp3) is 0.333. The fourth-order valence-corrected chi connectivity index (χ4v) is 2.21. The van der Waals surface area contributed by atoms with Gasteiger partial charge in [-0.3, -0.25) is 4.98 Å². The van der Waals surface area contributed by atoms with Gasteiger partial charge < -0.3 is 15.4 Å². The monoisotopic (exact) mass is 312 g/mol. The predicted octanol–water partition coefficient (Wildman–Crippen LogP) is 2.65. The van der Waals surface area contributed by atoms with Crippen LogP contribution in [0.4, 0.5) is 0 Å². The lowest BCUT2D eigenvalue weighted by atomic mass is 10.2. The molecule has 1 heterocycles. The van der Waals surface area contributed by atoms with E-state index in [-0.39, 0.29) is 0 Å². The normalized spacial score (nSPS) is 11.2. The number of nitrogens with zero attached hydrogens (tertiary/aromatic N) is 2. The third-order valence-electron chi connectivity index (χ3n) is 3.49. The molecule has 2 aromatic rings. The molecule has 0 aliphatic carbocycles. The maximum atomic E-state index is 5.36. The summed E-state index contributed by atoms with van der Waals surface area (Å²) >= 11 is 0. The maximum absolute atomic E-state index is 5.36. The first-order valence-corrected chi connectivity index (χ1v) is 7.79. The molecule has 5 heteroatoms. The van der Waals surface area contributed by atoms with Gasteiger partial charge in [-0.25, -0.2) is 4.99 Å². The van der Waals surface area contributed by atoms with Gasteiger partial charge in [0.25, 0.3) is 0 Å². The van der Waals surface area contributed by atoms with Crippen LogP contribution < -0.4 is 15.4 Å². The number of benzene rings is 1. The summed E-state index contributed by atoms with van der Waals surface area (Å²) in [6.45, 7) is 6.11. The van der Waals surface area contributed by atoms with Gasteiger partial charge in [0.15, 0.2) is 5.96 Å². The Morgan fingerprint density at radius 1 is 1.17 bits per heavy atom. The van der Waals surface area contributed by atoms with Crippen molar-refractivity contribution >= 4 is 5.96 Å². The van der Waals surface area contributed by atoms with Gasteiger partial charge in [-0.1, -0.05) is 24.3 Å². The van der Waals surface area contributed by atoms with E-state index in [1.54, 1.807) is 7.11 Å². The number of para-hydroxylation sites is 1. The number of aromatic nitrogens is 1. The minimum atomic E-state index is 0.556. The minimum Gasteiger partial charge on any atom is -0.496 e. The van der Waals surface area contributed by atoms with Crippen LogP contribution in [-0.2, 0) is 13.1 Å². The van der Waals surface area contributed by atoms with Crippen molar-refractivity contribution in [1.82, 2.24) is 15.6 Å². The van der Waals surface area contributed by atoms with Gasteiger partial charge in [0.05, 0.1) is 25.9 Å². The Balaban J connectivity index is 2.04. The van der Waals surface area contributed by atoms with Crippen LogP contribution in [0.3, 0.4) is 0 Å². The molecule has 1 aromatic carbocycles. The molecule has 0 saturated carbocycles. The molecular formula is C18H24N4O. The van der Waals surface area contributed by atoms with E-state index in [1.165, 1.54) is 5.56 Å². The standard InChI is InChI=1S/C18H24N4O/c1-4-19-18(22-13-16-14(2)8-7-11-20-16)21-12-15-9-5-6-10-17(15)23-3/h5-11H,4,12-13H2,1-3H3,(H2,19,21,22). The largest absolute Gasteiger partial charge is 0.496 e. The Morgan fingerprint density at radius 3 is 2.74 bits per heavy atom. The molecule has 0 aliphatic rings. The average Bonchev–Trinajstić information content (AvgIpc) is 2.59. The molecule has 122 valence electrons. The Labute approximate surface area is 137 Å². The van der Waals surface area contributed by atoms with Crippen LogP contribution in [0.2, 0.25) is 0 Å². The van der Waals surface area contributed by atoms with E-state index in [9.17, 15) is 0 Å². The van der Waals surface area contributed by atoms with Crippen molar-refractivity contribution in [1.29, 1.82) is 0 Å². The van der Waals surface area contributed by atoms with Crippen LogP contribution in [0.1, 0.15) is 23.7 Å². The second-order valence-corrected chi connectivity index (χ2v) is 5.13. The van der Waals surface area contributed by atoms with Gasteiger partial charge in [0.2, 0.25) is 0 Å². The summed E-state index contributed by atoms with van der Waals surface area (Å²) in [5, 5.41) is 6.57. The molecular weight excluding hydrogens is 288 g/mol. The van der Waals surface area contributed by atoms with Crippen LogP contribution >= 0.6 is 0 Å². The predicted molar refractivity (Wildman–Crippen MR) is 93.6 cm³/mol. The van der Waals surface area contributed by atoms with Gasteiger partial charge in [0, 0.05) is 18.3 Å². The molecule has 0 saturated heterocycles. The molecule has 1 aromatic heterocycles. The third-order valence-corrected chi connectivity index (χ3v) is 3.49.